The number of fused-ring (bicyclic) bond motifs is 2. The molecule has 3 aromatic carbocycles. The van der Waals surface area contributed by atoms with Crippen LogP contribution in [0, 0.1) is 11.6 Å². The number of halogens is 2. The van der Waals surface area contributed by atoms with Crippen LogP contribution in [0.15, 0.2) is 84.2 Å². The monoisotopic (exact) mass is 399 g/mol. The minimum Gasteiger partial charge on any atom is -0.294 e. The standard InChI is InChI=1S/C24H15F2N3O/c25-21-10-18(15-5-6-17-12-27-8-7-16(17)9-15)11-22(26)20(21)13-29-14-28-23-4-2-1-3-19(23)24(29)30/h1-12,14H,13H2. The first-order valence-corrected chi connectivity index (χ1v) is 9.36. The maximum Gasteiger partial charge on any atom is 0.261 e. The summed E-state index contributed by atoms with van der Waals surface area (Å²) in [7, 11) is 0. The molecule has 0 N–H and O–H groups in total. The first-order chi connectivity index (χ1) is 14.6. The van der Waals surface area contributed by atoms with E-state index in [4.69, 9.17) is 0 Å². The number of nitrogens with zero attached hydrogens (tertiary/aromatic N) is 3. The summed E-state index contributed by atoms with van der Waals surface area (Å²) in [6, 6.07) is 16.8. The quantitative estimate of drug-likeness (QED) is 0.432. The molecule has 0 aliphatic carbocycles. The maximum atomic E-state index is 14.9. The van der Waals surface area contributed by atoms with Gasteiger partial charge in [-0.3, -0.25) is 14.3 Å². The normalized spacial score (nSPS) is 11.3. The number of hydrogen-bond acceptors (Lipinski definition) is 3. The molecule has 0 aliphatic rings. The highest BCUT2D eigenvalue weighted by molar-refractivity contribution is 5.86. The molecule has 0 atom stereocenters. The van der Waals surface area contributed by atoms with E-state index in [1.807, 2.05) is 18.2 Å². The van der Waals surface area contributed by atoms with E-state index in [0.29, 0.717) is 22.0 Å². The van der Waals surface area contributed by atoms with Crippen LogP contribution in [-0.2, 0) is 6.54 Å². The molecule has 0 aliphatic heterocycles. The Morgan fingerprint density at radius 1 is 0.867 bits per heavy atom. The van der Waals surface area contributed by atoms with Crippen LogP contribution < -0.4 is 5.56 Å². The fraction of sp³-hybridized carbons (Fsp3) is 0.0417. The molecular weight excluding hydrogens is 384 g/mol. The first-order valence-electron chi connectivity index (χ1n) is 9.36. The number of pyridine rings is 1. The zero-order valence-corrected chi connectivity index (χ0v) is 15.7. The van der Waals surface area contributed by atoms with Gasteiger partial charge >= 0.3 is 0 Å². The average Bonchev–Trinajstić information content (AvgIpc) is 2.77. The van der Waals surface area contributed by atoms with Crippen molar-refractivity contribution in [2.24, 2.45) is 0 Å². The van der Waals surface area contributed by atoms with Crippen LogP contribution in [0.2, 0.25) is 0 Å². The number of rotatable bonds is 3. The summed E-state index contributed by atoms with van der Waals surface area (Å²) in [6.45, 7) is -0.238. The van der Waals surface area contributed by atoms with Crippen molar-refractivity contribution >= 4 is 21.7 Å². The lowest BCUT2D eigenvalue weighted by atomic mass is 10.00. The van der Waals surface area contributed by atoms with Gasteiger partial charge in [0.2, 0.25) is 0 Å². The van der Waals surface area contributed by atoms with Crippen LogP contribution in [0.5, 0.6) is 0 Å². The molecule has 146 valence electrons. The van der Waals surface area contributed by atoms with Crippen molar-refractivity contribution in [1.29, 1.82) is 0 Å². The van der Waals surface area contributed by atoms with Crippen LogP contribution >= 0.6 is 0 Å². The molecule has 0 amide bonds. The zero-order valence-electron chi connectivity index (χ0n) is 15.7. The fourth-order valence-electron chi connectivity index (χ4n) is 3.57. The van der Waals surface area contributed by atoms with E-state index in [1.165, 1.54) is 23.0 Å². The Balaban J connectivity index is 1.54. The first kappa shape index (κ1) is 18.1. The molecule has 0 fully saturated rings. The molecule has 0 radical (unpaired) electrons. The SMILES string of the molecule is O=c1c2ccccc2ncn1Cc1c(F)cc(-c2ccc3cnccc3c2)cc1F. The molecule has 0 saturated heterocycles. The van der Waals surface area contributed by atoms with Gasteiger partial charge in [-0.25, -0.2) is 13.8 Å². The lowest BCUT2D eigenvalue weighted by Crippen LogP contribution is -2.22. The molecule has 5 aromatic rings. The van der Waals surface area contributed by atoms with Crippen molar-refractivity contribution in [1.82, 2.24) is 14.5 Å². The summed E-state index contributed by atoms with van der Waals surface area (Å²) in [5, 5.41) is 2.28. The van der Waals surface area contributed by atoms with Gasteiger partial charge in [-0.2, -0.15) is 0 Å². The Hall–Kier alpha value is -3.93. The predicted octanol–water partition coefficient (Wildman–Crippen LogP) is 4.94. The largest absolute Gasteiger partial charge is 0.294 e. The number of aromatic nitrogens is 3. The van der Waals surface area contributed by atoms with E-state index in [-0.39, 0.29) is 17.7 Å². The predicted molar refractivity (Wildman–Crippen MR) is 112 cm³/mol. The summed E-state index contributed by atoms with van der Waals surface area (Å²) in [6.07, 6.45) is 4.72. The third-order valence-electron chi connectivity index (χ3n) is 5.17. The highest BCUT2D eigenvalue weighted by Crippen LogP contribution is 2.27. The number of hydrogen-bond donors (Lipinski definition) is 0. The Labute approximate surface area is 170 Å². The Kier molecular flexibility index (Phi) is 4.32. The van der Waals surface area contributed by atoms with Crippen molar-refractivity contribution in [3.05, 3.63) is 107 Å². The van der Waals surface area contributed by atoms with Crippen LogP contribution in [0.3, 0.4) is 0 Å². The minimum atomic E-state index is -0.708. The molecule has 0 saturated carbocycles. The molecule has 0 spiro atoms. The third kappa shape index (κ3) is 3.12. The molecule has 30 heavy (non-hydrogen) atoms. The highest BCUT2D eigenvalue weighted by atomic mass is 19.1. The number of benzene rings is 3. The Bertz CT molecular complexity index is 1450. The van der Waals surface area contributed by atoms with Crippen molar-refractivity contribution < 1.29 is 8.78 Å². The highest BCUT2D eigenvalue weighted by Gasteiger charge is 2.15. The van der Waals surface area contributed by atoms with Gasteiger partial charge in [0.05, 0.1) is 23.8 Å². The van der Waals surface area contributed by atoms with Crippen molar-refractivity contribution in [2.75, 3.05) is 0 Å². The van der Waals surface area contributed by atoms with Crippen LogP contribution in [0.4, 0.5) is 8.78 Å². The second-order valence-electron chi connectivity index (χ2n) is 7.05. The van der Waals surface area contributed by atoms with Crippen LogP contribution in [0.25, 0.3) is 32.8 Å². The smallest absolute Gasteiger partial charge is 0.261 e. The molecule has 0 unspecified atom stereocenters. The van der Waals surface area contributed by atoms with Crippen LogP contribution in [0.1, 0.15) is 5.56 Å². The van der Waals surface area contributed by atoms with Gasteiger partial charge in [0.1, 0.15) is 11.6 Å². The van der Waals surface area contributed by atoms with Gasteiger partial charge in [-0.05, 0) is 52.9 Å². The number of para-hydroxylation sites is 1. The summed E-state index contributed by atoms with van der Waals surface area (Å²) in [4.78, 5) is 20.9. The van der Waals surface area contributed by atoms with Crippen molar-refractivity contribution in [3.63, 3.8) is 0 Å². The van der Waals surface area contributed by atoms with Gasteiger partial charge in [0.25, 0.3) is 5.56 Å². The minimum absolute atomic E-state index is 0.178. The fourth-order valence-corrected chi connectivity index (χ4v) is 3.57. The Morgan fingerprint density at radius 2 is 1.67 bits per heavy atom. The van der Waals surface area contributed by atoms with Crippen molar-refractivity contribution in [3.8, 4) is 11.1 Å². The van der Waals surface area contributed by atoms with E-state index in [0.717, 1.165) is 10.8 Å². The molecule has 2 heterocycles. The molecule has 4 nitrogen and oxygen atoms in total. The summed E-state index contributed by atoms with van der Waals surface area (Å²) in [5.41, 5.74) is 1.15. The summed E-state index contributed by atoms with van der Waals surface area (Å²) < 4.78 is 30.9. The second-order valence-corrected chi connectivity index (χ2v) is 7.05. The molecule has 5 rings (SSSR count). The Morgan fingerprint density at radius 3 is 2.50 bits per heavy atom. The van der Waals surface area contributed by atoms with E-state index >= 15 is 0 Å². The molecule has 0 bridgehead atoms. The topological polar surface area (TPSA) is 47.8 Å². The van der Waals surface area contributed by atoms with Gasteiger partial charge in [0, 0.05) is 23.3 Å². The lowest BCUT2D eigenvalue weighted by molar-refractivity contribution is 0.541. The van der Waals surface area contributed by atoms with Crippen molar-refractivity contribution in [2.45, 2.75) is 6.54 Å². The van der Waals surface area contributed by atoms with E-state index in [1.54, 1.807) is 42.7 Å². The van der Waals surface area contributed by atoms with E-state index in [9.17, 15) is 13.6 Å². The lowest BCUT2D eigenvalue weighted by Gasteiger charge is -2.11. The van der Waals surface area contributed by atoms with Gasteiger partial charge in [-0.1, -0.05) is 24.3 Å². The van der Waals surface area contributed by atoms with Gasteiger partial charge in [-0.15, -0.1) is 0 Å². The maximum absolute atomic E-state index is 14.9. The molecule has 2 aromatic heterocycles. The van der Waals surface area contributed by atoms with E-state index in [2.05, 4.69) is 9.97 Å². The van der Waals surface area contributed by atoms with Gasteiger partial charge < -0.3 is 0 Å². The summed E-state index contributed by atoms with van der Waals surface area (Å²) in [5.74, 6) is -1.42. The van der Waals surface area contributed by atoms with E-state index < -0.39 is 11.6 Å². The van der Waals surface area contributed by atoms with Crippen LogP contribution in [-0.4, -0.2) is 14.5 Å². The second kappa shape index (κ2) is 7.15. The van der Waals surface area contributed by atoms with Gasteiger partial charge in [0.15, 0.2) is 0 Å². The molecule has 6 heteroatoms. The zero-order chi connectivity index (χ0) is 20.7. The average molecular weight is 399 g/mol. The molecular formula is C24H15F2N3O. The third-order valence-corrected chi connectivity index (χ3v) is 5.17. The summed E-state index contributed by atoms with van der Waals surface area (Å²) >= 11 is 0.